The van der Waals surface area contributed by atoms with Gasteiger partial charge in [-0.3, -0.25) is 9.89 Å². The highest BCUT2D eigenvalue weighted by atomic mass is 16.1. The number of Topliss-reactive ketones (excluding diaryl/α,β-unsaturated/α-hetero) is 1. The summed E-state index contributed by atoms with van der Waals surface area (Å²) < 4.78 is 0. The Morgan fingerprint density at radius 3 is 2.87 bits per heavy atom. The van der Waals surface area contributed by atoms with E-state index in [4.69, 9.17) is 5.73 Å². The fourth-order valence-electron chi connectivity index (χ4n) is 1.70. The Labute approximate surface area is 87.5 Å². The molecule has 1 heterocycles. The minimum absolute atomic E-state index is 0.0161. The maximum Gasteiger partial charge on any atom is 0.161 e. The molecule has 0 unspecified atom stereocenters. The molecule has 4 heteroatoms. The molecule has 2 rings (SSSR count). The number of hydrogen-bond acceptors (Lipinski definition) is 3. The fraction of sp³-hybridized carbons (Fsp3) is 0.273. The molecule has 3 N–H and O–H groups in total. The summed E-state index contributed by atoms with van der Waals surface area (Å²) in [6.45, 7) is 3.56. The minimum atomic E-state index is -0.0161. The van der Waals surface area contributed by atoms with E-state index in [1.807, 2.05) is 13.0 Å². The van der Waals surface area contributed by atoms with Crippen molar-refractivity contribution in [3.63, 3.8) is 0 Å². The van der Waals surface area contributed by atoms with Crippen LogP contribution in [0, 0.1) is 0 Å². The number of fused-ring (bicyclic) bond motifs is 1. The SMILES string of the molecule is CCc1[nH]nc2cc(N)c(C(C)=O)cc12. The molecule has 1 aromatic carbocycles. The highest BCUT2D eigenvalue weighted by Gasteiger charge is 2.10. The largest absolute Gasteiger partial charge is 0.398 e. The quantitative estimate of drug-likeness (QED) is 0.578. The Balaban J connectivity index is 2.75. The van der Waals surface area contributed by atoms with Crippen molar-refractivity contribution in [1.29, 1.82) is 0 Å². The van der Waals surface area contributed by atoms with Gasteiger partial charge in [-0.05, 0) is 25.5 Å². The molecule has 0 aliphatic rings. The van der Waals surface area contributed by atoms with E-state index in [1.54, 1.807) is 6.07 Å². The van der Waals surface area contributed by atoms with Crippen LogP contribution < -0.4 is 5.73 Å². The lowest BCUT2D eigenvalue weighted by atomic mass is 10.1. The topological polar surface area (TPSA) is 71.8 Å². The van der Waals surface area contributed by atoms with Crippen LogP contribution in [0.5, 0.6) is 0 Å². The number of H-pyrrole nitrogens is 1. The molecule has 0 atom stereocenters. The van der Waals surface area contributed by atoms with E-state index >= 15 is 0 Å². The van der Waals surface area contributed by atoms with Gasteiger partial charge in [-0.1, -0.05) is 6.92 Å². The Hall–Kier alpha value is -1.84. The van der Waals surface area contributed by atoms with Crippen LogP contribution >= 0.6 is 0 Å². The number of nitrogens with two attached hydrogens (primary N) is 1. The lowest BCUT2D eigenvalue weighted by molar-refractivity contribution is 0.101. The molecule has 1 aromatic heterocycles. The van der Waals surface area contributed by atoms with E-state index in [-0.39, 0.29) is 5.78 Å². The number of ketones is 1. The normalized spacial score (nSPS) is 10.8. The van der Waals surface area contributed by atoms with E-state index in [1.165, 1.54) is 6.92 Å². The molecular formula is C11H13N3O. The first kappa shape index (κ1) is 9.71. The molecule has 0 aliphatic carbocycles. The number of carbonyl (C=O) groups excluding carboxylic acids is 1. The summed E-state index contributed by atoms with van der Waals surface area (Å²) in [5.74, 6) is -0.0161. The van der Waals surface area contributed by atoms with Gasteiger partial charge in [0.2, 0.25) is 0 Å². The van der Waals surface area contributed by atoms with Crippen LogP contribution in [0.4, 0.5) is 5.69 Å². The predicted molar refractivity (Wildman–Crippen MR) is 59.9 cm³/mol. The molecule has 0 fully saturated rings. The molecule has 0 saturated heterocycles. The Kier molecular flexibility index (Phi) is 2.19. The average Bonchev–Trinajstić information content (AvgIpc) is 2.58. The number of anilines is 1. The zero-order valence-corrected chi connectivity index (χ0v) is 8.79. The molecule has 0 aliphatic heterocycles. The highest BCUT2D eigenvalue weighted by molar-refractivity contribution is 6.03. The van der Waals surface area contributed by atoms with Crippen LogP contribution in [0.2, 0.25) is 0 Å². The van der Waals surface area contributed by atoms with Gasteiger partial charge >= 0.3 is 0 Å². The number of aryl methyl sites for hydroxylation is 1. The van der Waals surface area contributed by atoms with Crippen LogP contribution in [0.3, 0.4) is 0 Å². The second kappa shape index (κ2) is 3.38. The lowest BCUT2D eigenvalue weighted by Gasteiger charge is -2.01. The molecule has 0 radical (unpaired) electrons. The molecule has 78 valence electrons. The van der Waals surface area contributed by atoms with Gasteiger partial charge in [0.25, 0.3) is 0 Å². The van der Waals surface area contributed by atoms with Crippen molar-refractivity contribution in [3.05, 3.63) is 23.4 Å². The Morgan fingerprint density at radius 1 is 1.53 bits per heavy atom. The van der Waals surface area contributed by atoms with E-state index in [0.717, 1.165) is 23.0 Å². The first-order chi connectivity index (χ1) is 7.13. The van der Waals surface area contributed by atoms with Crippen molar-refractivity contribution in [3.8, 4) is 0 Å². The number of nitrogens with zero attached hydrogens (tertiary/aromatic N) is 1. The van der Waals surface area contributed by atoms with Gasteiger partial charge in [0, 0.05) is 22.3 Å². The number of carbonyl (C=O) groups is 1. The van der Waals surface area contributed by atoms with Crippen LogP contribution in [0.15, 0.2) is 12.1 Å². The molecule has 2 aromatic rings. The van der Waals surface area contributed by atoms with E-state index in [2.05, 4.69) is 10.2 Å². The van der Waals surface area contributed by atoms with Crippen molar-refractivity contribution in [1.82, 2.24) is 10.2 Å². The molecule has 15 heavy (non-hydrogen) atoms. The van der Waals surface area contributed by atoms with Crippen LogP contribution in [0.1, 0.15) is 29.9 Å². The summed E-state index contributed by atoms with van der Waals surface area (Å²) >= 11 is 0. The zero-order chi connectivity index (χ0) is 11.0. The van der Waals surface area contributed by atoms with Crippen LogP contribution in [-0.4, -0.2) is 16.0 Å². The van der Waals surface area contributed by atoms with Crippen molar-refractivity contribution in [2.75, 3.05) is 5.73 Å². The summed E-state index contributed by atoms with van der Waals surface area (Å²) in [6, 6.07) is 3.55. The van der Waals surface area contributed by atoms with E-state index in [9.17, 15) is 4.79 Å². The van der Waals surface area contributed by atoms with Crippen molar-refractivity contribution >= 4 is 22.4 Å². The number of nitrogens with one attached hydrogen (secondary N) is 1. The number of hydrogen-bond donors (Lipinski definition) is 2. The van der Waals surface area contributed by atoms with Gasteiger partial charge in [0.05, 0.1) is 5.52 Å². The Morgan fingerprint density at radius 2 is 2.27 bits per heavy atom. The zero-order valence-electron chi connectivity index (χ0n) is 8.79. The number of aromatic nitrogens is 2. The summed E-state index contributed by atoms with van der Waals surface area (Å²) in [4.78, 5) is 11.3. The van der Waals surface area contributed by atoms with Crippen LogP contribution in [0.25, 0.3) is 10.9 Å². The van der Waals surface area contributed by atoms with Crippen LogP contribution in [-0.2, 0) is 6.42 Å². The number of rotatable bonds is 2. The van der Waals surface area contributed by atoms with Crippen molar-refractivity contribution < 1.29 is 4.79 Å². The molecular weight excluding hydrogens is 190 g/mol. The second-order valence-electron chi connectivity index (χ2n) is 3.57. The first-order valence-electron chi connectivity index (χ1n) is 4.91. The Bertz CT molecular complexity index is 528. The summed E-state index contributed by atoms with van der Waals surface area (Å²) in [5.41, 5.74) is 8.67. The second-order valence-corrected chi connectivity index (χ2v) is 3.57. The van der Waals surface area contributed by atoms with Gasteiger partial charge in [-0.15, -0.1) is 0 Å². The summed E-state index contributed by atoms with van der Waals surface area (Å²) in [5, 5.41) is 8.06. The highest BCUT2D eigenvalue weighted by Crippen LogP contribution is 2.23. The average molecular weight is 203 g/mol. The maximum absolute atomic E-state index is 11.3. The summed E-state index contributed by atoms with van der Waals surface area (Å²) in [6.07, 6.45) is 0.859. The lowest BCUT2D eigenvalue weighted by Crippen LogP contribution is -1.99. The van der Waals surface area contributed by atoms with Crippen molar-refractivity contribution in [2.24, 2.45) is 0 Å². The maximum atomic E-state index is 11.3. The molecule has 4 nitrogen and oxygen atoms in total. The first-order valence-corrected chi connectivity index (χ1v) is 4.91. The van der Waals surface area contributed by atoms with Crippen molar-refractivity contribution in [2.45, 2.75) is 20.3 Å². The minimum Gasteiger partial charge on any atom is -0.398 e. The molecule has 0 saturated carbocycles. The third-order valence-electron chi connectivity index (χ3n) is 2.54. The number of aromatic amines is 1. The number of nitrogen functional groups attached to an aromatic ring is 1. The van der Waals surface area contributed by atoms with E-state index < -0.39 is 0 Å². The van der Waals surface area contributed by atoms with Gasteiger partial charge < -0.3 is 5.73 Å². The number of benzene rings is 1. The molecule has 0 amide bonds. The fourth-order valence-corrected chi connectivity index (χ4v) is 1.70. The smallest absolute Gasteiger partial charge is 0.161 e. The monoisotopic (exact) mass is 203 g/mol. The third-order valence-corrected chi connectivity index (χ3v) is 2.54. The molecule has 0 spiro atoms. The van der Waals surface area contributed by atoms with Gasteiger partial charge in [0.1, 0.15) is 0 Å². The van der Waals surface area contributed by atoms with Gasteiger partial charge in [0.15, 0.2) is 5.78 Å². The predicted octanol–water partition coefficient (Wildman–Crippen LogP) is 1.91. The summed E-state index contributed by atoms with van der Waals surface area (Å²) in [7, 11) is 0. The van der Waals surface area contributed by atoms with E-state index in [0.29, 0.717) is 11.3 Å². The third kappa shape index (κ3) is 1.48. The standard InChI is InChI=1S/C11H13N3O/c1-3-10-8-4-7(6(2)15)9(12)5-11(8)14-13-10/h4-5H,3,12H2,1-2H3,(H,13,14). The molecule has 0 bridgehead atoms. The van der Waals surface area contributed by atoms with Gasteiger partial charge in [-0.2, -0.15) is 5.10 Å². The van der Waals surface area contributed by atoms with Gasteiger partial charge in [-0.25, -0.2) is 0 Å².